The number of carbonyl (C=O) groups excluding carboxylic acids is 5. The van der Waals surface area contributed by atoms with Gasteiger partial charge in [-0.2, -0.15) is 0 Å². The van der Waals surface area contributed by atoms with E-state index in [1.165, 1.54) is 23.2 Å². The fourth-order valence-corrected chi connectivity index (χ4v) is 7.68. The van der Waals surface area contributed by atoms with Crippen molar-refractivity contribution in [2.75, 3.05) is 19.5 Å². The summed E-state index contributed by atoms with van der Waals surface area (Å²) >= 11 is 1.48. The molecule has 0 aliphatic carbocycles. The third-order valence-corrected chi connectivity index (χ3v) is 10.4. The van der Waals surface area contributed by atoms with Crippen molar-refractivity contribution < 1.29 is 43.1 Å². The molecule has 0 unspecified atom stereocenters. The molecule has 0 spiro atoms. The van der Waals surface area contributed by atoms with Gasteiger partial charge in [-0.1, -0.05) is 60.7 Å². The Bertz CT molecular complexity index is 2000. The van der Waals surface area contributed by atoms with Crippen molar-refractivity contribution in [2.45, 2.75) is 63.2 Å². The van der Waals surface area contributed by atoms with Crippen molar-refractivity contribution in [1.82, 2.24) is 20.9 Å². The molecular weight excluding hydrogens is 709 g/mol. The molecule has 2 heterocycles. The molecule has 1 aromatic heterocycles. The monoisotopic (exact) mass is 751 g/mol. The second kappa shape index (κ2) is 17.2. The number of hydrogen-bond donors (Lipinski definition) is 6. The Hall–Kier alpha value is -4.66. The van der Waals surface area contributed by atoms with E-state index in [9.17, 15) is 38.3 Å². The molecule has 1 aliphatic heterocycles. The third-order valence-electron chi connectivity index (χ3n) is 8.84. The van der Waals surface area contributed by atoms with E-state index < -0.39 is 74.3 Å². The van der Waals surface area contributed by atoms with Crippen LogP contribution >= 0.6 is 18.9 Å². The van der Waals surface area contributed by atoms with Gasteiger partial charge in [-0.05, 0) is 58.0 Å². The lowest BCUT2D eigenvalue weighted by atomic mass is 9.98. The molecule has 0 radical (unpaired) electrons. The highest BCUT2D eigenvalue weighted by Gasteiger charge is 2.38. The number of benzene rings is 3. The van der Waals surface area contributed by atoms with E-state index in [4.69, 9.17) is 10.5 Å². The lowest BCUT2D eigenvalue weighted by Gasteiger charge is -2.37. The first-order valence-electron chi connectivity index (χ1n) is 16.8. The van der Waals surface area contributed by atoms with Gasteiger partial charge in [0.2, 0.25) is 29.5 Å². The molecule has 5 amide bonds. The van der Waals surface area contributed by atoms with Crippen LogP contribution in [0.3, 0.4) is 0 Å². The van der Waals surface area contributed by atoms with Crippen LogP contribution in [0.25, 0.3) is 20.9 Å². The van der Waals surface area contributed by atoms with Crippen molar-refractivity contribution >= 4 is 69.3 Å². The number of nitrogens with two attached hydrogens (primary N) is 1. The molecule has 1 fully saturated rings. The molecule has 52 heavy (non-hydrogen) atoms. The van der Waals surface area contributed by atoms with Crippen molar-refractivity contribution in [3.8, 4) is 0 Å². The van der Waals surface area contributed by atoms with Gasteiger partial charge in [0.1, 0.15) is 30.5 Å². The Morgan fingerprint density at radius 1 is 0.923 bits per heavy atom. The van der Waals surface area contributed by atoms with Crippen molar-refractivity contribution in [3.05, 3.63) is 83.2 Å². The van der Waals surface area contributed by atoms with Gasteiger partial charge < -0.3 is 41.1 Å². The van der Waals surface area contributed by atoms with Gasteiger partial charge in [0, 0.05) is 31.0 Å². The molecule has 4 atom stereocenters. The van der Waals surface area contributed by atoms with E-state index in [2.05, 4.69) is 16.0 Å². The number of amides is 5. The first-order valence-corrected chi connectivity index (χ1v) is 19.5. The third kappa shape index (κ3) is 10.2. The van der Waals surface area contributed by atoms with Crippen LogP contribution in [-0.2, 0) is 46.1 Å². The van der Waals surface area contributed by atoms with Gasteiger partial charge in [0.25, 0.3) is 0 Å². The van der Waals surface area contributed by atoms with Gasteiger partial charge in [0.15, 0.2) is 0 Å². The molecule has 14 nitrogen and oxygen atoms in total. The second-order valence-corrected chi connectivity index (χ2v) is 15.3. The van der Waals surface area contributed by atoms with Gasteiger partial charge >= 0.3 is 7.60 Å². The lowest BCUT2D eigenvalue weighted by Crippen LogP contribution is -2.61. The maximum Gasteiger partial charge on any atom is 0.350 e. The molecule has 1 aliphatic rings. The Balaban J connectivity index is 1.34. The fraction of sp³-hybridized carbons (Fsp3) is 0.361. The summed E-state index contributed by atoms with van der Waals surface area (Å²) in [7, 11) is -4.64. The zero-order chi connectivity index (χ0) is 37.4. The Morgan fingerprint density at radius 2 is 1.65 bits per heavy atom. The molecule has 0 bridgehead atoms. The quantitative estimate of drug-likeness (QED) is 0.0982. The normalized spacial score (nSPS) is 16.5. The predicted molar refractivity (Wildman–Crippen MR) is 196 cm³/mol. The average molecular weight is 752 g/mol. The summed E-state index contributed by atoms with van der Waals surface area (Å²) in [6.45, 7) is 0.762. The van der Waals surface area contributed by atoms with Crippen LogP contribution in [0.15, 0.2) is 72.1 Å². The number of ether oxygens (including phenoxy) is 1. The van der Waals surface area contributed by atoms with E-state index in [0.717, 1.165) is 32.0 Å². The molecule has 276 valence electrons. The van der Waals surface area contributed by atoms with Gasteiger partial charge in [0.05, 0.1) is 6.61 Å². The molecule has 4 aromatic rings. The van der Waals surface area contributed by atoms with E-state index in [0.29, 0.717) is 12.8 Å². The second-order valence-electron chi connectivity index (χ2n) is 12.8. The maximum absolute atomic E-state index is 14.2. The predicted octanol–water partition coefficient (Wildman–Crippen LogP) is 2.33. The summed E-state index contributed by atoms with van der Waals surface area (Å²) in [5, 5.41) is 12.7. The molecule has 7 N–H and O–H groups in total. The van der Waals surface area contributed by atoms with Crippen molar-refractivity contribution in [1.29, 1.82) is 0 Å². The zero-order valence-corrected chi connectivity index (χ0v) is 30.2. The van der Waals surface area contributed by atoms with Gasteiger partial charge in [-0.25, -0.2) is 0 Å². The Kier molecular flexibility index (Phi) is 12.8. The summed E-state index contributed by atoms with van der Waals surface area (Å²) < 4.78 is 17.8. The highest BCUT2D eigenvalue weighted by molar-refractivity contribution is 7.51. The number of thiophene rings is 1. The summed E-state index contributed by atoms with van der Waals surface area (Å²) in [6, 6.07) is 16.2. The number of rotatable bonds is 15. The van der Waals surface area contributed by atoms with Crippen molar-refractivity contribution in [2.24, 2.45) is 5.73 Å². The van der Waals surface area contributed by atoms with E-state index in [-0.39, 0.29) is 25.8 Å². The van der Waals surface area contributed by atoms with Crippen molar-refractivity contribution in [3.63, 3.8) is 0 Å². The highest BCUT2D eigenvalue weighted by atomic mass is 32.1. The number of fused-ring (bicyclic) bond motifs is 2. The number of piperidine rings is 1. The molecule has 16 heteroatoms. The number of hydrogen-bond acceptors (Lipinski definition) is 8. The van der Waals surface area contributed by atoms with Crippen LogP contribution in [0.4, 0.5) is 0 Å². The van der Waals surface area contributed by atoms with Crippen LogP contribution in [0, 0.1) is 0 Å². The molecule has 0 saturated carbocycles. The van der Waals surface area contributed by atoms with Crippen LogP contribution in [0.1, 0.15) is 37.3 Å². The number of likely N-dealkylation sites (tertiary alicyclic amines) is 1. The topological polar surface area (TPSA) is 217 Å². The molecular formula is C36H42N5O9PS. The highest BCUT2D eigenvalue weighted by Crippen LogP contribution is 2.34. The molecule has 5 rings (SSSR count). The van der Waals surface area contributed by atoms with E-state index >= 15 is 0 Å². The minimum absolute atomic E-state index is 0.0974. The zero-order valence-electron chi connectivity index (χ0n) is 28.5. The van der Waals surface area contributed by atoms with Crippen LogP contribution in [0.2, 0.25) is 0 Å². The molecule has 1 saturated heterocycles. The van der Waals surface area contributed by atoms with Gasteiger partial charge in [-0.3, -0.25) is 28.5 Å². The minimum atomic E-state index is -4.64. The van der Waals surface area contributed by atoms with Crippen LogP contribution in [-0.4, -0.2) is 87.9 Å². The first-order chi connectivity index (χ1) is 24.8. The standard InChI is InChI=1S/C36H42N5O9PS/c1-22(42)38-29(18-26-20-52-32-12-5-4-10-27(26)32)34(44)40-30(19-50-21-51(47,48)49)36(46)41-15-7-6-11-31(41)35(45)39-28(33(37)43)17-23-13-14-24-8-2-3-9-25(24)16-23/h2-5,8-10,12-14,16,20,28-31H,6-7,11,15,17-19,21H2,1H3,(H2,37,43)(H,38,42)(H,39,45)(H,40,44)(H2,47,48,49)/t28-,29-,30-,31-/m0/s1. The van der Waals surface area contributed by atoms with E-state index in [1.54, 1.807) is 0 Å². The Labute approximate surface area is 304 Å². The molecule has 3 aromatic carbocycles. The largest absolute Gasteiger partial charge is 0.368 e. The fourth-order valence-electron chi connectivity index (χ4n) is 6.36. The minimum Gasteiger partial charge on any atom is -0.368 e. The lowest BCUT2D eigenvalue weighted by molar-refractivity contribution is -0.147. The van der Waals surface area contributed by atoms with Gasteiger partial charge in [-0.15, -0.1) is 11.3 Å². The summed E-state index contributed by atoms with van der Waals surface area (Å²) in [6.07, 6.45) is 0.588. The first kappa shape index (κ1) is 38.6. The summed E-state index contributed by atoms with van der Waals surface area (Å²) in [4.78, 5) is 86.4. The SMILES string of the molecule is CC(=O)N[C@@H](Cc1csc2ccccc12)C(=O)N[C@@H](COCP(=O)(O)O)C(=O)N1CCCC[C@H]1C(=O)N[C@@H](Cc1ccc2ccccc2c1)C(N)=O. The summed E-state index contributed by atoms with van der Waals surface area (Å²) in [5.41, 5.74) is 7.29. The number of nitrogens with zero attached hydrogens (tertiary/aromatic N) is 1. The number of carbonyl (C=O) groups is 5. The number of primary amides is 1. The Morgan fingerprint density at radius 3 is 2.38 bits per heavy atom. The maximum atomic E-state index is 14.2. The van der Waals surface area contributed by atoms with Crippen LogP contribution in [0.5, 0.6) is 0 Å². The van der Waals surface area contributed by atoms with Crippen LogP contribution < -0.4 is 21.7 Å². The average Bonchev–Trinajstić information content (AvgIpc) is 3.52. The smallest absolute Gasteiger partial charge is 0.350 e. The number of nitrogens with one attached hydrogen (secondary N) is 3. The van der Waals surface area contributed by atoms with E-state index in [1.807, 2.05) is 72.1 Å². The summed E-state index contributed by atoms with van der Waals surface area (Å²) in [5.74, 6) is -3.31.